The lowest BCUT2D eigenvalue weighted by Crippen LogP contribution is -2.25. The zero-order valence-electron chi connectivity index (χ0n) is 15.3. The number of hydrogen-bond donors (Lipinski definition) is 0. The van der Waals surface area contributed by atoms with Gasteiger partial charge in [-0.1, -0.05) is 24.3 Å². The summed E-state index contributed by atoms with van der Waals surface area (Å²) in [6.07, 6.45) is 2.57. The molecule has 4 rings (SSSR count). The molecule has 3 aromatic rings. The highest BCUT2D eigenvalue weighted by Gasteiger charge is 2.22. The number of benzene rings is 1. The van der Waals surface area contributed by atoms with Gasteiger partial charge < -0.3 is 9.32 Å². The predicted molar refractivity (Wildman–Crippen MR) is 105 cm³/mol. The SMILES string of the molecule is C[C@H](c1nnc(-c2cccs2)o1)N(C)Cc1ccccc1N1CCCC1. The van der Waals surface area contributed by atoms with E-state index in [0.29, 0.717) is 11.8 Å². The topological polar surface area (TPSA) is 45.4 Å². The number of aromatic nitrogens is 2. The van der Waals surface area contributed by atoms with E-state index in [9.17, 15) is 0 Å². The van der Waals surface area contributed by atoms with E-state index in [2.05, 4.69) is 58.2 Å². The molecule has 0 saturated carbocycles. The Morgan fingerprint density at radius 3 is 2.73 bits per heavy atom. The molecule has 26 heavy (non-hydrogen) atoms. The van der Waals surface area contributed by atoms with Gasteiger partial charge in [0, 0.05) is 25.3 Å². The highest BCUT2D eigenvalue weighted by molar-refractivity contribution is 7.13. The van der Waals surface area contributed by atoms with Gasteiger partial charge in [0.1, 0.15) is 0 Å². The molecule has 0 bridgehead atoms. The fourth-order valence-corrected chi connectivity index (χ4v) is 4.05. The maximum Gasteiger partial charge on any atom is 0.257 e. The maximum atomic E-state index is 5.91. The third kappa shape index (κ3) is 3.52. The second-order valence-corrected chi connectivity index (χ2v) is 7.78. The summed E-state index contributed by atoms with van der Waals surface area (Å²) in [5.74, 6) is 1.27. The minimum Gasteiger partial charge on any atom is -0.418 e. The fraction of sp³-hybridized carbons (Fsp3) is 0.400. The molecule has 1 saturated heterocycles. The summed E-state index contributed by atoms with van der Waals surface area (Å²) in [5.41, 5.74) is 2.70. The van der Waals surface area contributed by atoms with Crippen molar-refractivity contribution in [1.29, 1.82) is 0 Å². The first-order valence-electron chi connectivity index (χ1n) is 9.13. The van der Waals surface area contributed by atoms with Gasteiger partial charge >= 0.3 is 0 Å². The summed E-state index contributed by atoms with van der Waals surface area (Å²) in [6, 6.07) is 12.8. The van der Waals surface area contributed by atoms with Gasteiger partial charge in [-0.2, -0.15) is 0 Å². The monoisotopic (exact) mass is 368 g/mol. The number of thiophene rings is 1. The van der Waals surface area contributed by atoms with Gasteiger partial charge in [0.05, 0.1) is 10.9 Å². The van der Waals surface area contributed by atoms with Gasteiger partial charge in [-0.3, -0.25) is 4.90 Å². The van der Waals surface area contributed by atoms with Crippen molar-refractivity contribution in [3.8, 4) is 10.8 Å². The molecular weight excluding hydrogens is 344 g/mol. The van der Waals surface area contributed by atoms with E-state index in [4.69, 9.17) is 4.42 Å². The molecule has 136 valence electrons. The Hall–Kier alpha value is -2.18. The second kappa shape index (κ2) is 7.60. The largest absolute Gasteiger partial charge is 0.418 e. The first-order valence-corrected chi connectivity index (χ1v) is 10.0. The summed E-state index contributed by atoms with van der Waals surface area (Å²) in [7, 11) is 2.11. The fourth-order valence-electron chi connectivity index (χ4n) is 3.41. The van der Waals surface area contributed by atoms with Crippen molar-refractivity contribution in [2.45, 2.75) is 32.4 Å². The molecule has 0 amide bonds. The lowest BCUT2D eigenvalue weighted by Gasteiger charge is -2.26. The van der Waals surface area contributed by atoms with Crippen molar-refractivity contribution in [3.63, 3.8) is 0 Å². The Morgan fingerprint density at radius 2 is 1.96 bits per heavy atom. The molecule has 5 nitrogen and oxygen atoms in total. The van der Waals surface area contributed by atoms with Crippen LogP contribution >= 0.6 is 11.3 Å². The van der Waals surface area contributed by atoms with Crippen LogP contribution in [0.2, 0.25) is 0 Å². The number of anilines is 1. The van der Waals surface area contributed by atoms with Crippen molar-refractivity contribution < 1.29 is 4.42 Å². The van der Waals surface area contributed by atoms with E-state index in [0.717, 1.165) is 24.5 Å². The predicted octanol–water partition coefficient (Wildman–Crippen LogP) is 4.59. The van der Waals surface area contributed by atoms with Crippen LogP contribution in [0.1, 0.15) is 37.3 Å². The summed E-state index contributed by atoms with van der Waals surface area (Å²) in [6.45, 7) is 5.28. The van der Waals surface area contributed by atoms with Gasteiger partial charge in [-0.25, -0.2) is 0 Å². The van der Waals surface area contributed by atoms with Crippen LogP contribution in [0, 0.1) is 0 Å². The molecule has 1 aliphatic rings. The van der Waals surface area contributed by atoms with Gasteiger partial charge in [-0.15, -0.1) is 21.5 Å². The van der Waals surface area contributed by atoms with Crippen LogP contribution in [-0.2, 0) is 6.54 Å². The van der Waals surface area contributed by atoms with E-state index >= 15 is 0 Å². The van der Waals surface area contributed by atoms with E-state index in [1.807, 2.05) is 17.5 Å². The average Bonchev–Trinajstić information content (AvgIpc) is 3.43. The highest BCUT2D eigenvalue weighted by atomic mass is 32.1. The van der Waals surface area contributed by atoms with E-state index in [-0.39, 0.29) is 6.04 Å². The maximum absolute atomic E-state index is 5.91. The number of para-hydroxylation sites is 1. The molecule has 1 aromatic carbocycles. The molecule has 2 aromatic heterocycles. The van der Waals surface area contributed by atoms with E-state index in [1.165, 1.54) is 24.1 Å². The standard InChI is InChI=1S/C20H24N4OS/c1-15(19-21-22-20(25-19)18-10-7-13-26-18)23(2)14-16-8-3-4-9-17(16)24-11-5-6-12-24/h3-4,7-10,13,15H,5-6,11-12,14H2,1-2H3/t15-/m1/s1. The normalized spacial score (nSPS) is 15.7. The van der Waals surface area contributed by atoms with Crippen LogP contribution < -0.4 is 4.90 Å². The molecule has 1 fully saturated rings. The number of nitrogens with zero attached hydrogens (tertiary/aromatic N) is 4. The Bertz CT molecular complexity index is 839. The molecule has 3 heterocycles. The summed E-state index contributed by atoms with van der Waals surface area (Å²) >= 11 is 1.61. The van der Waals surface area contributed by atoms with Crippen LogP contribution in [0.15, 0.2) is 46.2 Å². The van der Waals surface area contributed by atoms with Crippen LogP contribution in [-0.4, -0.2) is 35.2 Å². The summed E-state index contributed by atoms with van der Waals surface area (Å²) < 4.78 is 5.91. The molecule has 1 aliphatic heterocycles. The number of hydrogen-bond acceptors (Lipinski definition) is 6. The Morgan fingerprint density at radius 1 is 1.15 bits per heavy atom. The summed E-state index contributed by atoms with van der Waals surface area (Å²) in [4.78, 5) is 5.77. The number of rotatable bonds is 6. The van der Waals surface area contributed by atoms with Crippen LogP contribution in [0.5, 0.6) is 0 Å². The Kier molecular flexibility index (Phi) is 5.04. The van der Waals surface area contributed by atoms with Crippen LogP contribution in [0.25, 0.3) is 10.8 Å². The average molecular weight is 369 g/mol. The zero-order chi connectivity index (χ0) is 17.9. The third-order valence-corrected chi connectivity index (χ3v) is 5.91. The van der Waals surface area contributed by atoms with E-state index < -0.39 is 0 Å². The molecular formula is C20H24N4OS. The molecule has 0 spiro atoms. The quantitative estimate of drug-likeness (QED) is 0.637. The first kappa shape index (κ1) is 17.2. The Balaban J connectivity index is 1.49. The molecule has 0 aliphatic carbocycles. The second-order valence-electron chi connectivity index (χ2n) is 6.84. The smallest absolute Gasteiger partial charge is 0.257 e. The van der Waals surface area contributed by atoms with Crippen molar-refractivity contribution in [2.24, 2.45) is 0 Å². The van der Waals surface area contributed by atoms with Crippen molar-refractivity contribution in [2.75, 3.05) is 25.0 Å². The van der Waals surface area contributed by atoms with Crippen LogP contribution in [0.4, 0.5) is 5.69 Å². The molecule has 0 radical (unpaired) electrons. The van der Waals surface area contributed by atoms with Gasteiger partial charge in [0.2, 0.25) is 5.89 Å². The van der Waals surface area contributed by atoms with Crippen LogP contribution in [0.3, 0.4) is 0 Å². The van der Waals surface area contributed by atoms with Gasteiger partial charge in [-0.05, 0) is 49.9 Å². The molecule has 0 N–H and O–H groups in total. The summed E-state index contributed by atoms with van der Waals surface area (Å²) in [5, 5.41) is 10.5. The lowest BCUT2D eigenvalue weighted by molar-refractivity contribution is 0.218. The van der Waals surface area contributed by atoms with E-state index in [1.54, 1.807) is 11.3 Å². The minimum atomic E-state index is 0.0582. The van der Waals surface area contributed by atoms with Gasteiger partial charge in [0.15, 0.2) is 0 Å². The highest BCUT2D eigenvalue weighted by Crippen LogP contribution is 2.29. The third-order valence-electron chi connectivity index (χ3n) is 5.05. The molecule has 0 unspecified atom stereocenters. The molecule has 6 heteroatoms. The van der Waals surface area contributed by atoms with Crippen molar-refractivity contribution in [3.05, 3.63) is 53.2 Å². The lowest BCUT2D eigenvalue weighted by atomic mass is 10.1. The van der Waals surface area contributed by atoms with Gasteiger partial charge in [0.25, 0.3) is 5.89 Å². The minimum absolute atomic E-state index is 0.0582. The Labute approximate surface area is 158 Å². The first-order chi connectivity index (χ1) is 12.7. The zero-order valence-corrected chi connectivity index (χ0v) is 16.1. The van der Waals surface area contributed by atoms with Crippen molar-refractivity contribution in [1.82, 2.24) is 15.1 Å². The van der Waals surface area contributed by atoms with Crippen molar-refractivity contribution >= 4 is 17.0 Å². The molecule has 1 atom stereocenters.